The fourth-order valence-electron chi connectivity index (χ4n) is 2.03. The van der Waals surface area contributed by atoms with Gasteiger partial charge in [0.25, 0.3) is 0 Å². The molecule has 19 heavy (non-hydrogen) atoms. The van der Waals surface area contributed by atoms with E-state index >= 15 is 0 Å². The molecule has 1 N–H and O–H groups in total. The Morgan fingerprint density at radius 3 is 2.58 bits per heavy atom. The number of carbonyl (C=O) groups is 1. The highest BCUT2D eigenvalue weighted by atomic mass is 32.2. The van der Waals surface area contributed by atoms with Crippen molar-refractivity contribution in [3.63, 3.8) is 0 Å². The van der Waals surface area contributed by atoms with Crippen molar-refractivity contribution in [3.05, 3.63) is 5.82 Å². The minimum atomic E-state index is -0.829. The van der Waals surface area contributed by atoms with Gasteiger partial charge in [0.15, 0.2) is 5.16 Å². The topological polar surface area (TPSA) is 68.0 Å². The summed E-state index contributed by atoms with van der Waals surface area (Å²) >= 11 is 1.23. The van der Waals surface area contributed by atoms with Crippen LogP contribution >= 0.6 is 11.8 Å². The second kappa shape index (κ2) is 7.53. The largest absolute Gasteiger partial charge is 0.481 e. The van der Waals surface area contributed by atoms with Crippen LogP contribution in [0.1, 0.15) is 51.9 Å². The van der Waals surface area contributed by atoms with Crippen LogP contribution in [-0.2, 0) is 4.79 Å². The Balaban J connectivity index is 2.64. The lowest BCUT2D eigenvalue weighted by atomic mass is 10.0. The third-order valence-corrected chi connectivity index (χ3v) is 3.93. The summed E-state index contributed by atoms with van der Waals surface area (Å²) in [6.07, 6.45) is 3.44. The zero-order valence-electron chi connectivity index (χ0n) is 12.1. The highest BCUT2D eigenvalue weighted by Crippen LogP contribution is 2.25. The molecule has 0 aliphatic heterocycles. The van der Waals surface area contributed by atoms with E-state index < -0.39 is 5.97 Å². The van der Waals surface area contributed by atoms with Gasteiger partial charge in [0.05, 0.1) is 5.75 Å². The molecule has 6 heteroatoms. The molecule has 5 nitrogen and oxygen atoms in total. The number of rotatable bonds is 8. The highest BCUT2D eigenvalue weighted by molar-refractivity contribution is 7.99. The van der Waals surface area contributed by atoms with Crippen molar-refractivity contribution in [1.82, 2.24) is 14.8 Å². The van der Waals surface area contributed by atoms with Crippen LogP contribution in [0.25, 0.3) is 0 Å². The Hall–Kier alpha value is -1.04. The fraction of sp³-hybridized carbons (Fsp3) is 0.769. The lowest BCUT2D eigenvalue weighted by Gasteiger charge is -2.17. The van der Waals surface area contributed by atoms with Crippen molar-refractivity contribution >= 4 is 17.7 Å². The normalized spacial score (nSPS) is 12.9. The third kappa shape index (κ3) is 5.22. The van der Waals surface area contributed by atoms with Gasteiger partial charge in [-0.1, -0.05) is 38.5 Å². The summed E-state index contributed by atoms with van der Waals surface area (Å²) in [6.45, 7) is 8.50. The van der Waals surface area contributed by atoms with Gasteiger partial charge in [-0.15, -0.1) is 10.2 Å². The Morgan fingerprint density at radius 2 is 2.00 bits per heavy atom. The van der Waals surface area contributed by atoms with Crippen LogP contribution < -0.4 is 0 Å². The molecule has 0 fully saturated rings. The Kier molecular flexibility index (Phi) is 6.34. The van der Waals surface area contributed by atoms with Gasteiger partial charge in [0.1, 0.15) is 5.82 Å². The van der Waals surface area contributed by atoms with Gasteiger partial charge in [-0.05, 0) is 26.2 Å². The molecule has 0 aliphatic carbocycles. The third-order valence-electron chi connectivity index (χ3n) is 3.00. The van der Waals surface area contributed by atoms with E-state index in [-0.39, 0.29) is 5.75 Å². The van der Waals surface area contributed by atoms with Crippen molar-refractivity contribution in [2.45, 2.75) is 58.2 Å². The molecule has 1 heterocycles. The molecule has 1 unspecified atom stereocenters. The Morgan fingerprint density at radius 1 is 1.32 bits per heavy atom. The van der Waals surface area contributed by atoms with Crippen LogP contribution in [0.4, 0.5) is 0 Å². The number of hydrogen-bond donors (Lipinski definition) is 1. The van der Waals surface area contributed by atoms with Gasteiger partial charge in [-0.3, -0.25) is 4.79 Å². The number of hydrogen-bond acceptors (Lipinski definition) is 4. The smallest absolute Gasteiger partial charge is 0.313 e. The van der Waals surface area contributed by atoms with Crippen molar-refractivity contribution in [2.75, 3.05) is 5.75 Å². The van der Waals surface area contributed by atoms with Crippen molar-refractivity contribution in [3.8, 4) is 0 Å². The van der Waals surface area contributed by atoms with E-state index in [1.54, 1.807) is 0 Å². The summed E-state index contributed by atoms with van der Waals surface area (Å²) in [5, 5.41) is 17.6. The number of aryl methyl sites for hydroxylation is 1. The molecule has 0 spiro atoms. The summed E-state index contributed by atoms with van der Waals surface area (Å²) in [6, 6.07) is 0.310. The van der Waals surface area contributed by atoms with Gasteiger partial charge < -0.3 is 9.67 Å². The molecule has 1 aromatic heterocycles. The van der Waals surface area contributed by atoms with E-state index in [2.05, 4.69) is 31.0 Å². The van der Waals surface area contributed by atoms with E-state index in [4.69, 9.17) is 5.11 Å². The molecular weight excluding hydrogens is 262 g/mol. The summed E-state index contributed by atoms with van der Waals surface area (Å²) in [5.74, 6) is 0.765. The molecule has 0 bridgehead atoms. The van der Waals surface area contributed by atoms with Crippen LogP contribution in [0.2, 0.25) is 0 Å². The van der Waals surface area contributed by atoms with Crippen molar-refractivity contribution in [2.24, 2.45) is 5.92 Å². The van der Waals surface area contributed by atoms with E-state index in [1.165, 1.54) is 24.6 Å². The zero-order chi connectivity index (χ0) is 14.4. The van der Waals surface area contributed by atoms with Crippen LogP contribution in [0, 0.1) is 12.8 Å². The average molecular weight is 285 g/mol. The van der Waals surface area contributed by atoms with Crippen molar-refractivity contribution < 1.29 is 9.90 Å². The maximum absolute atomic E-state index is 10.6. The summed E-state index contributed by atoms with van der Waals surface area (Å²) in [4.78, 5) is 10.6. The number of carboxylic acids is 1. The molecule has 0 amide bonds. The quantitative estimate of drug-likeness (QED) is 0.743. The maximum atomic E-state index is 10.6. The molecule has 1 rings (SSSR count). The van der Waals surface area contributed by atoms with E-state index in [1.807, 2.05) is 11.5 Å². The van der Waals surface area contributed by atoms with Crippen molar-refractivity contribution in [1.29, 1.82) is 0 Å². The van der Waals surface area contributed by atoms with Gasteiger partial charge in [0.2, 0.25) is 0 Å². The zero-order valence-corrected chi connectivity index (χ0v) is 12.9. The van der Waals surface area contributed by atoms with E-state index in [0.717, 1.165) is 18.2 Å². The first kappa shape index (κ1) is 16.0. The monoisotopic (exact) mass is 285 g/mol. The van der Waals surface area contributed by atoms with Gasteiger partial charge >= 0.3 is 5.97 Å². The van der Waals surface area contributed by atoms with E-state index in [9.17, 15) is 4.79 Å². The standard InChI is InChI=1S/C13H23N3O2S/c1-9(2)6-5-7-10(3)16-11(4)14-15-13(16)19-8-12(17)18/h9-10H,5-8H2,1-4H3,(H,17,18). The van der Waals surface area contributed by atoms with Crippen LogP contribution in [-0.4, -0.2) is 31.6 Å². The summed E-state index contributed by atoms with van der Waals surface area (Å²) in [7, 11) is 0. The first-order valence-corrected chi connectivity index (χ1v) is 7.66. The molecule has 0 radical (unpaired) electrons. The minimum absolute atomic E-state index is 0.0247. The first-order chi connectivity index (χ1) is 8.91. The van der Waals surface area contributed by atoms with Gasteiger partial charge in [-0.25, -0.2) is 0 Å². The van der Waals surface area contributed by atoms with Gasteiger partial charge in [-0.2, -0.15) is 0 Å². The molecule has 0 saturated carbocycles. The predicted molar refractivity (Wildman–Crippen MR) is 76.5 cm³/mol. The molecule has 1 aromatic rings. The second-order valence-electron chi connectivity index (χ2n) is 5.26. The molecule has 1 atom stereocenters. The van der Waals surface area contributed by atoms with Crippen LogP contribution in [0.5, 0.6) is 0 Å². The predicted octanol–water partition coefficient (Wildman–Crippen LogP) is 3.15. The number of thioether (sulfide) groups is 1. The summed E-state index contributed by atoms with van der Waals surface area (Å²) in [5.41, 5.74) is 0. The van der Waals surface area contributed by atoms with Gasteiger partial charge in [0, 0.05) is 6.04 Å². The molecule has 0 aromatic carbocycles. The van der Waals surface area contributed by atoms with Crippen LogP contribution in [0.15, 0.2) is 5.16 Å². The summed E-state index contributed by atoms with van der Waals surface area (Å²) < 4.78 is 2.05. The lowest BCUT2D eigenvalue weighted by molar-refractivity contribution is -0.133. The molecule has 108 valence electrons. The minimum Gasteiger partial charge on any atom is -0.481 e. The number of aromatic nitrogens is 3. The molecule has 0 aliphatic rings. The molecular formula is C13H23N3O2S. The SMILES string of the molecule is Cc1nnc(SCC(=O)O)n1C(C)CCCC(C)C. The second-order valence-corrected chi connectivity index (χ2v) is 6.20. The maximum Gasteiger partial charge on any atom is 0.313 e. The Labute approximate surface area is 118 Å². The highest BCUT2D eigenvalue weighted by Gasteiger charge is 2.16. The number of carboxylic acid groups (broad SMARTS) is 1. The van der Waals surface area contributed by atoms with Crippen LogP contribution in [0.3, 0.4) is 0 Å². The lowest BCUT2D eigenvalue weighted by Crippen LogP contribution is -2.10. The Bertz CT molecular complexity index is 418. The van der Waals surface area contributed by atoms with E-state index in [0.29, 0.717) is 11.2 Å². The fourth-order valence-corrected chi connectivity index (χ4v) is 2.83. The first-order valence-electron chi connectivity index (χ1n) is 6.68. The number of aliphatic carboxylic acids is 1. The average Bonchev–Trinajstić information content (AvgIpc) is 2.67. The molecule has 0 saturated heterocycles. The number of nitrogens with zero attached hydrogens (tertiary/aromatic N) is 3.